The van der Waals surface area contributed by atoms with E-state index in [9.17, 15) is 14.7 Å². The second kappa shape index (κ2) is 9.34. The average molecular weight is 351 g/mol. The number of nitrogens with one attached hydrogen (secondary N) is 2. The summed E-state index contributed by atoms with van der Waals surface area (Å²) < 4.78 is 0. The molecule has 1 amide bonds. The summed E-state index contributed by atoms with van der Waals surface area (Å²) in [6.07, 6.45) is 8.88. The van der Waals surface area contributed by atoms with Crippen molar-refractivity contribution in [2.24, 2.45) is 11.8 Å². The zero-order valence-electron chi connectivity index (χ0n) is 15.5. The van der Waals surface area contributed by atoms with Crippen LogP contribution in [-0.2, 0) is 9.59 Å². The molecule has 0 aromatic rings. The Balaban J connectivity index is 2.00. The smallest absolute Gasteiger partial charge is 0.320 e. The van der Waals surface area contributed by atoms with Gasteiger partial charge in [0.15, 0.2) is 0 Å². The van der Waals surface area contributed by atoms with Crippen molar-refractivity contribution in [1.29, 1.82) is 0 Å². The molecular formula is C19H33N3O3. The third kappa shape index (κ3) is 5.82. The predicted molar refractivity (Wildman–Crippen MR) is 98.3 cm³/mol. The van der Waals surface area contributed by atoms with Gasteiger partial charge in [-0.05, 0) is 38.1 Å². The van der Waals surface area contributed by atoms with E-state index in [4.69, 9.17) is 0 Å². The lowest BCUT2D eigenvalue weighted by molar-refractivity contribution is -0.139. The first-order chi connectivity index (χ1) is 11.9. The molecule has 1 saturated heterocycles. The monoisotopic (exact) mass is 351 g/mol. The van der Waals surface area contributed by atoms with Crippen LogP contribution in [0.3, 0.4) is 0 Å². The SMILES string of the molecule is C=C[C@@H]1C[C@H](C(=O)O)NC1[C@H](CN(C)CC1CCCCC1)NC(C)=O. The Labute approximate surface area is 151 Å². The number of carbonyl (C=O) groups is 2. The quantitative estimate of drug-likeness (QED) is 0.579. The summed E-state index contributed by atoms with van der Waals surface area (Å²) in [5, 5.41) is 15.5. The lowest BCUT2D eigenvalue weighted by Gasteiger charge is -2.34. The minimum Gasteiger partial charge on any atom is -0.480 e. The standard InChI is InChI=1S/C19H33N3O3/c1-4-15-10-16(19(24)25)21-18(15)17(20-13(2)23)12-22(3)11-14-8-6-5-7-9-14/h4,14-18,21H,1,5-12H2,2-3H3,(H,20,23)(H,24,25)/t15-,16-,17+,18?/m1/s1. The number of likely N-dealkylation sites (N-methyl/N-ethyl adjacent to an activating group) is 1. The molecule has 0 spiro atoms. The van der Waals surface area contributed by atoms with Gasteiger partial charge in [0, 0.05) is 26.1 Å². The maximum atomic E-state index is 11.7. The summed E-state index contributed by atoms with van der Waals surface area (Å²) in [4.78, 5) is 25.3. The van der Waals surface area contributed by atoms with Crippen LogP contribution < -0.4 is 10.6 Å². The Morgan fingerprint density at radius 1 is 1.36 bits per heavy atom. The highest BCUT2D eigenvalue weighted by molar-refractivity contribution is 5.75. The number of hydrogen-bond acceptors (Lipinski definition) is 4. The highest BCUT2D eigenvalue weighted by Gasteiger charge is 2.40. The molecule has 3 N–H and O–H groups in total. The molecule has 0 aromatic heterocycles. The van der Waals surface area contributed by atoms with Crippen LogP contribution in [0.15, 0.2) is 12.7 Å². The minimum absolute atomic E-state index is 0.0426. The van der Waals surface area contributed by atoms with Gasteiger partial charge in [0.1, 0.15) is 6.04 Å². The summed E-state index contributed by atoms with van der Waals surface area (Å²) >= 11 is 0. The number of rotatable bonds is 8. The van der Waals surface area contributed by atoms with E-state index in [2.05, 4.69) is 29.2 Å². The number of carbonyl (C=O) groups excluding carboxylic acids is 1. The molecule has 6 heteroatoms. The number of carboxylic acids is 1. The van der Waals surface area contributed by atoms with Crippen LogP contribution >= 0.6 is 0 Å². The molecular weight excluding hydrogens is 318 g/mol. The van der Waals surface area contributed by atoms with Gasteiger partial charge >= 0.3 is 5.97 Å². The fraction of sp³-hybridized carbons (Fsp3) is 0.789. The maximum Gasteiger partial charge on any atom is 0.320 e. The lowest BCUT2D eigenvalue weighted by Crippen LogP contribution is -2.55. The van der Waals surface area contributed by atoms with E-state index >= 15 is 0 Å². The number of nitrogens with zero attached hydrogens (tertiary/aromatic N) is 1. The molecule has 0 bridgehead atoms. The van der Waals surface area contributed by atoms with Crippen LogP contribution in [0.1, 0.15) is 45.4 Å². The Morgan fingerprint density at radius 3 is 2.60 bits per heavy atom. The third-order valence-corrected chi connectivity index (χ3v) is 5.59. The van der Waals surface area contributed by atoms with E-state index in [0.29, 0.717) is 13.0 Å². The number of hydrogen-bond donors (Lipinski definition) is 3. The highest BCUT2D eigenvalue weighted by Crippen LogP contribution is 2.26. The molecule has 1 heterocycles. The zero-order chi connectivity index (χ0) is 18.4. The maximum absolute atomic E-state index is 11.7. The molecule has 1 aliphatic carbocycles. The van der Waals surface area contributed by atoms with Gasteiger partial charge in [0.25, 0.3) is 0 Å². The Kier molecular flexibility index (Phi) is 7.44. The van der Waals surface area contributed by atoms with Gasteiger partial charge in [0.2, 0.25) is 5.91 Å². The fourth-order valence-electron chi connectivity index (χ4n) is 4.40. The van der Waals surface area contributed by atoms with Crippen LogP contribution in [0, 0.1) is 11.8 Å². The van der Waals surface area contributed by atoms with Crippen molar-refractivity contribution in [2.75, 3.05) is 20.1 Å². The van der Waals surface area contributed by atoms with Gasteiger partial charge in [-0.2, -0.15) is 0 Å². The summed E-state index contributed by atoms with van der Waals surface area (Å²) in [5.74, 6) is -0.151. The van der Waals surface area contributed by atoms with Gasteiger partial charge in [-0.25, -0.2) is 0 Å². The van der Waals surface area contributed by atoms with Crippen molar-refractivity contribution < 1.29 is 14.7 Å². The first kappa shape index (κ1) is 19.9. The fourth-order valence-corrected chi connectivity index (χ4v) is 4.40. The van der Waals surface area contributed by atoms with Crippen LogP contribution in [0.5, 0.6) is 0 Å². The molecule has 0 aromatic carbocycles. The van der Waals surface area contributed by atoms with Gasteiger partial charge in [-0.15, -0.1) is 6.58 Å². The van der Waals surface area contributed by atoms with E-state index in [1.54, 1.807) is 0 Å². The van der Waals surface area contributed by atoms with E-state index in [1.807, 2.05) is 6.08 Å². The summed E-state index contributed by atoms with van der Waals surface area (Å²) in [5.41, 5.74) is 0. The van der Waals surface area contributed by atoms with Crippen LogP contribution in [0.4, 0.5) is 0 Å². The summed E-state index contributed by atoms with van der Waals surface area (Å²) in [7, 11) is 2.09. The molecule has 142 valence electrons. The van der Waals surface area contributed by atoms with Crippen LogP contribution in [-0.4, -0.2) is 60.1 Å². The van der Waals surface area contributed by atoms with Gasteiger partial charge in [-0.1, -0.05) is 25.3 Å². The topological polar surface area (TPSA) is 81.7 Å². The molecule has 2 fully saturated rings. The largest absolute Gasteiger partial charge is 0.480 e. The number of aliphatic carboxylic acids is 1. The second-order valence-corrected chi connectivity index (χ2v) is 7.75. The summed E-state index contributed by atoms with van der Waals surface area (Å²) in [6.45, 7) is 7.12. The first-order valence-electron chi connectivity index (χ1n) is 9.47. The number of amides is 1. The van der Waals surface area contributed by atoms with E-state index in [1.165, 1.54) is 39.0 Å². The van der Waals surface area contributed by atoms with Crippen molar-refractivity contribution in [2.45, 2.75) is 63.6 Å². The molecule has 2 aliphatic rings. The van der Waals surface area contributed by atoms with Gasteiger partial charge < -0.3 is 15.3 Å². The van der Waals surface area contributed by atoms with Gasteiger partial charge in [0.05, 0.1) is 6.04 Å². The minimum atomic E-state index is -0.841. The van der Waals surface area contributed by atoms with E-state index in [-0.39, 0.29) is 23.9 Å². The Hall–Kier alpha value is -1.40. The Morgan fingerprint density at radius 2 is 2.04 bits per heavy atom. The van der Waals surface area contributed by atoms with E-state index < -0.39 is 12.0 Å². The van der Waals surface area contributed by atoms with Crippen molar-refractivity contribution >= 4 is 11.9 Å². The average Bonchev–Trinajstić information content (AvgIpc) is 2.99. The molecule has 1 saturated carbocycles. The molecule has 0 radical (unpaired) electrons. The molecule has 4 atom stereocenters. The molecule has 2 rings (SSSR count). The van der Waals surface area contributed by atoms with Crippen molar-refractivity contribution in [1.82, 2.24) is 15.5 Å². The summed E-state index contributed by atoms with van der Waals surface area (Å²) in [6, 6.07) is -0.803. The van der Waals surface area contributed by atoms with Gasteiger partial charge in [-0.3, -0.25) is 14.9 Å². The zero-order valence-corrected chi connectivity index (χ0v) is 15.5. The Bertz CT molecular complexity index is 477. The molecule has 1 aliphatic heterocycles. The second-order valence-electron chi connectivity index (χ2n) is 7.75. The van der Waals surface area contributed by atoms with Crippen molar-refractivity contribution in [3.63, 3.8) is 0 Å². The highest BCUT2D eigenvalue weighted by atomic mass is 16.4. The van der Waals surface area contributed by atoms with E-state index in [0.717, 1.165) is 12.5 Å². The van der Waals surface area contributed by atoms with Crippen molar-refractivity contribution in [3.8, 4) is 0 Å². The molecule has 1 unspecified atom stereocenters. The first-order valence-corrected chi connectivity index (χ1v) is 9.47. The normalized spacial score (nSPS) is 28.7. The third-order valence-electron chi connectivity index (χ3n) is 5.59. The predicted octanol–water partition coefficient (Wildman–Crippen LogP) is 1.62. The number of carboxylic acid groups (broad SMARTS) is 1. The van der Waals surface area contributed by atoms with Crippen molar-refractivity contribution in [3.05, 3.63) is 12.7 Å². The molecule has 25 heavy (non-hydrogen) atoms. The lowest BCUT2D eigenvalue weighted by atomic mass is 9.88. The molecule has 6 nitrogen and oxygen atoms in total. The van der Waals surface area contributed by atoms with Crippen LogP contribution in [0.25, 0.3) is 0 Å². The van der Waals surface area contributed by atoms with Crippen LogP contribution in [0.2, 0.25) is 0 Å².